The van der Waals surface area contributed by atoms with Crippen molar-refractivity contribution >= 4 is 11.5 Å². The minimum Gasteiger partial charge on any atom is -0.409 e. The highest BCUT2D eigenvalue weighted by Crippen LogP contribution is 2.13. The number of oxime groups is 1. The summed E-state index contributed by atoms with van der Waals surface area (Å²) in [4.78, 5) is 10.4. The van der Waals surface area contributed by atoms with Gasteiger partial charge in [-0.25, -0.2) is 0 Å². The maximum absolute atomic E-state index is 8.57. The lowest BCUT2D eigenvalue weighted by atomic mass is 10.3. The summed E-state index contributed by atoms with van der Waals surface area (Å²) < 4.78 is 0. The number of aromatic nitrogens is 2. The smallest absolute Gasteiger partial charge is 0.188 e. The Morgan fingerprint density at radius 1 is 1.32 bits per heavy atom. The van der Waals surface area contributed by atoms with Crippen molar-refractivity contribution in [2.45, 2.75) is 6.54 Å². The van der Waals surface area contributed by atoms with Crippen molar-refractivity contribution in [1.82, 2.24) is 9.97 Å². The van der Waals surface area contributed by atoms with Crippen LogP contribution in [0.1, 0.15) is 11.4 Å². The molecule has 6 heteroatoms. The van der Waals surface area contributed by atoms with Gasteiger partial charge < -0.3 is 15.8 Å². The number of hydrogen-bond acceptors (Lipinski definition) is 5. The Morgan fingerprint density at radius 2 is 2.16 bits per heavy atom. The second-order valence-corrected chi connectivity index (χ2v) is 4.06. The largest absolute Gasteiger partial charge is 0.409 e. The minimum absolute atomic E-state index is 0.000992. The summed E-state index contributed by atoms with van der Waals surface area (Å²) in [5, 5.41) is 11.5. The molecular weight excluding hydrogens is 242 g/mol. The third-order valence-electron chi connectivity index (χ3n) is 2.68. The Kier molecular flexibility index (Phi) is 3.92. The van der Waals surface area contributed by atoms with Crippen LogP contribution in [0.15, 0.2) is 47.9 Å². The van der Waals surface area contributed by atoms with E-state index in [2.05, 4.69) is 15.1 Å². The van der Waals surface area contributed by atoms with Crippen LogP contribution < -0.4 is 10.6 Å². The number of anilines is 1. The molecular formula is C13H15N5O. The zero-order chi connectivity index (χ0) is 13.7. The number of pyridine rings is 2. The SMILES string of the molecule is CN(Cc1ccccn1)c1ccc(/C(N)=N/O)nc1. The lowest BCUT2D eigenvalue weighted by molar-refractivity contribution is 0.318. The lowest BCUT2D eigenvalue weighted by Crippen LogP contribution is -2.19. The Morgan fingerprint density at radius 3 is 2.74 bits per heavy atom. The van der Waals surface area contributed by atoms with Gasteiger partial charge in [0.25, 0.3) is 0 Å². The molecule has 0 saturated carbocycles. The molecule has 0 atom stereocenters. The van der Waals surface area contributed by atoms with Gasteiger partial charge in [0.05, 0.1) is 24.1 Å². The van der Waals surface area contributed by atoms with Crippen molar-refractivity contribution in [2.75, 3.05) is 11.9 Å². The van der Waals surface area contributed by atoms with E-state index in [0.717, 1.165) is 11.4 Å². The molecule has 0 spiro atoms. The molecule has 3 N–H and O–H groups in total. The van der Waals surface area contributed by atoms with E-state index in [0.29, 0.717) is 12.2 Å². The second kappa shape index (κ2) is 5.81. The average molecular weight is 257 g/mol. The van der Waals surface area contributed by atoms with Gasteiger partial charge in [0, 0.05) is 13.2 Å². The maximum atomic E-state index is 8.57. The normalized spacial score (nSPS) is 11.3. The summed E-state index contributed by atoms with van der Waals surface area (Å²) in [5.74, 6) is -0.000992. The fourth-order valence-corrected chi connectivity index (χ4v) is 1.64. The van der Waals surface area contributed by atoms with Gasteiger partial charge in [0.15, 0.2) is 5.84 Å². The van der Waals surface area contributed by atoms with Gasteiger partial charge in [0.1, 0.15) is 5.69 Å². The number of hydrogen-bond donors (Lipinski definition) is 2. The molecule has 0 bridgehead atoms. The van der Waals surface area contributed by atoms with E-state index in [4.69, 9.17) is 10.9 Å². The van der Waals surface area contributed by atoms with E-state index < -0.39 is 0 Å². The zero-order valence-electron chi connectivity index (χ0n) is 10.6. The van der Waals surface area contributed by atoms with E-state index in [-0.39, 0.29) is 5.84 Å². The third kappa shape index (κ3) is 3.19. The zero-order valence-corrected chi connectivity index (χ0v) is 10.6. The Labute approximate surface area is 111 Å². The molecule has 0 unspecified atom stereocenters. The van der Waals surface area contributed by atoms with Gasteiger partial charge >= 0.3 is 0 Å². The predicted molar refractivity (Wildman–Crippen MR) is 73.1 cm³/mol. The average Bonchev–Trinajstić information content (AvgIpc) is 2.47. The highest BCUT2D eigenvalue weighted by Gasteiger charge is 2.05. The monoisotopic (exact) mass is 257 g/mol. The van der Waals surface area contributed by atoms with E-state index in [1.807, 2.05) is 36.2 Å². The van der Waals surface area contributed by atoms with Crippen LogP contribution in [0, 0.1) is 0 Å². The molecule has 6 nitrogen and oxygen atoms in total. The van der Waals surface area contributed by atoms with Gasteiger partial charge in [0.2, 0.25) is 0 Å². The molecule has 0 radical (unpaired) electrons. The highest BCUT2D eigenvalue weighted by molar-refractivity contribution is 5.95. The standard InChI is InChI=1S/C13H15N5O/c1-18(9-10-4-2-3-7-15-10)11-5-6-12(16-8-11)13(14)17-19/h2-8,19H,9H2,1H3,(H2,14,17). The molecule has 0 aliphatic carbocycles. The summed E-state index contributed by atoms with van der Waals surface area (Å²) in [6.07, 6.45) is 3.44. The Hall–Kier alpha value is -2.63. The van der Waals surface area contributed by atoms with E-state index >= 15 is 0 Å². The van der Waals surface area contributed by atoms with E-state index in [1.54, 1.807) is 18.5 Å². The van der Waals surface area contributed by atoms with Crippen LogP contribution in [0.3, 0.4) is 0 Å². The summed E-state index contributed by atoms with van der Waals surface area (Å²) in [6, 6.07) is 9.38. The Bertz CT molecular complexity index is 553. The molecule has 0 aliphatic heterocycles. The molecule has 2 rings (SSSR count). The molecule has 19 heavy (non-hydrogen) atoms. The molecule has 2 aromatic rings. The molecule has 0 aliphatic rings. The number of nitrogens with zero attached hydrogens (tertiary/aromatic N) is 4. The van der Waals surface area contributed by atoms with Gasteiger partial charge in [-0.1, -0.05) is 11.2 Å². The van der Waals surface area contributed by atoms with Crippen LogP contribution in [-0.2, 0) is 6.54 Å². The molecule has 2 aromatic heterocycles. The first-order valence-corrected chi connectivity index (χ1v) is 5.75. The number of amidine groups is 1. The van der Waals surface area contributed by atoms with Crippen molar-refractivity contribution in [1.29, 1.82) is 0 Å². The second-order valence-electron chi connectivity index (χ2n) is 4.06. The first-order chi connectivity index (χ1) is 9.20. The number of nitrogens with two attached hydrogens (primary N) is 1. The molecule has 0 amide bonds. The van der Waals surface area contributed by atoms with Gasteiger partial charge in [-0.15, -0.1) is 0 Å². The van der Waals surface area contributed by atoms with Crippen LogP contribution in [0.4, 0.5) is 5.69 Å². The summed E-state index contributed by atoms with van der Waals surface area (Å²) in [7, 11) is 1.95. The molecule has 2 heterocycles. The van der Waals surface area contributed by atoms with Gasteiger partial charge in [-0.3, -0.25) is 9.97 Å². The van der Waals surface area contributed by atoms with Crippen LogP contribution in [0.5, 0.6) is 0 Å². The van der Waals surface area contributed by atoms with Crippen molar-refractivity contribution in [2.24, 2.45) is 10.9 Å². The van der Waals surface area contributed by atoms with E-state index in [1.165, 1.54) is 0 Å². The minimum atomic E-state index is -0.000992. The van der Waals surface area contributed by atoms with Crippen LogP contribution in [0.2, 0.25) is 0 Å². The molecule has 0 fully saturated rings. The van der Waals surface area contributed by atoms with Gasteiger partial charge in [-0.2, -0.15) is 0 Å². The quantitative estimate of drug-likeness (QED) is 0.372. The lowest BCUT2D eigenvalue weighted by Gasteiger charge is -2.18. The first-order valence-electron chi connectivity index (χ1n) is 5.75. The van der Waals surface area contributed by atoms with Gasteiger partial charge in [-0.05, 0) is 24.3 Å². The maximum Gasteiger partial charge on any atom is 0.188 e. The van der Waals surface area contributed by atoms with E-state index in [9.17, 15) is 0 Å². The fraction of sp³-hybridized carbons (Fsp3) is 0.154. The van der Waals surface area contributed by atoms with Crippen molar-refractivity contribution < 1.29 is 5.21 Å². The van der Waals surface area contributed by atoms with Crippen LogP contribution >= 0.6 is 0 Å². The molecule has 98 valence electrons. The Balaban J connectivity index is 2.10. The summed E-state index contributed by atoms with van der Waals surface area (Å²) >= 11 is 0. The molecule has 0 aromatic carbocycles. The number of rotatable bonds is 4. The van der Waals surface area contributed by atoms with Crippen LogP contribution in [-0.4, -0.2) is 28.1 Å². The van der Waals surface area contributed by atoms with Crippen molar-refractivity contribution in [3.05, 3.63) is 54.1 Å². The molecule has 0 saturated heterocycles. The third-order valence-corrected chi connectivity index (χ3v) is 2.68. The predicted octanol–water partition coefficient (Wildman–Crippen LogP) is 1.21. The van der Waals surface area contributed by atoms with Crippen molar-refractivity contribution in [3.8, 4) is 0 Å². The van der Waals surface area contributed by atoms with Crippen molar-refractivity contribution in [3.63, 3.8) is 0 Å². The fourth-order valence-electron chi connectivity index (χ4n) is 1.64. The summed E-state index contributed by atoms with van der Waals surface area (Å²) in [6.45, 7) is 0.686. The first kappa shape index (κ1) is 12.8. The highest BCUT2D eigenvalue weighted by atomic mass is 16.4. The topological polar surface area (TPSA) is 87.6 Å². The summed E-state index contributed by atoms with van der Waals surface area (Å²) in [5.41, 5.74) is 7.81. The van der Waals surface area contributed by atoms with Crippen LogP contribution in [0.25, 0.3) is 0 Å².